The fourth-order valence-electron chi connectivity index (χ4n) is 1.49. The first-order valence-electron chi connectivity index (χ1n) is 6.47. The fourth-order valence-corrected chi connectivity index (χ4v) is 1.49. The second-order valence-corrected chi connectivity index (χ2v) is 4.03. The highest BCUT2D eigenvalue weighted by Gasteiger charge is 1.86. The van der Waals surface area contributed by atoms with Gasteiger partial charge in [-0.2, -0.15) is 10.2 Å². The zero-order valence-corrected chi connectivity index (χ0v) is 11.1. The summed E-state index contributed by atoms with van der Waals surface area (Å²) in [7, 11) is 0. The summed E-state index contributed by atoms with van der Waals surface area (Å²) in [5, 5.41) is 8.20. The maximum Gasteiger partial charge on any atom is 0.0857 e. The summed E-state index contributed by atoms with van der Waals surface area (Å²) >= 11 is 0. The van der Waals surface area contributed by atoms with Crippen LogP contribution in [-0.2, 0) is 0 Å². The Hall–Kier alpha value is -2.74. The summed E-state index contributed by atoms with van der Waals surface area (Å²) in [6.07, 6.45) is 0. The van der Waals surface area contributed by atoms with Gasteiger partial charge in [-0.15, -0.1) is 0 Å². The number of benzene rings is 3. The number of hydrogen-bond donors (Lipinski definition) is 0. The lowest BCUT2D eigenvalue weighted by molar-refractivity contribution is 1.23. The van der Waals surface area contributed by atoms with Crippen molar-refractivity contribution in [2.24, 2.45) is 10.2 Å². The predicted octanol–water partition coefficient (Wildman–Crippen LogP) is 5.79. The molecule has 0 aliphatic carbocycles. The molecular weight excluding hydrogens is 244 g/mol. The van der Waals surface area contributed by atoms with Crippen LogP contribution in [0.4, 0.5) is 11.4 Å². The van der Waals surface area contributed by atoms with Crippen LogP contribution in [0.3, 0.4) is 0 Å². The smallest absolute Gasteiger partial charge is 0.0857 e. The molecule has 20 heavy (non-hydrogen) atoms. The van der Waals surface area contributed by atoms with Gasteiger partial charge in [0.2, 0.25) is 0 Å². The zero-order chi connectivity index (χ0) is 13.9. The number of rotatable bonds is 2. The van der Waals surface area contributed by atoms with Gasteiger partial charge in [-0.25, -0.2) is 0 Å². The van der Waals surface area contributed by atoms with Gasteiger partial charge in [-0.3, -0.25) is 0 Å². The first-order chi connectivity index (χ1) is 9.95. The van der Waals surface area contributed by atoms with Crippen molar-refractivity contribution in [2.45, 2.75) is 0 Å². The molecule has 3 aromatic rings. The molecule has 2 heteroatoms. The van der Waals surface area contributed by atoms with Crippen molar-refractivity contribution in [1.29, 1.82) is 0 Å². The van der Waals surface area contributed by atoms with Crippen LogP contribution in [0.1, 0.15) is 0 Å². The van der Waals surface area contributed by atoms with Crippen LogP contribution < -0.4 is 0 Å². The maximum absolute atomic E-state index is 4.10. The molecular formula is C18H16N2. The lowest BCUT2D eigenvalue weighted by atomic mass is 10.3. The van der Waals surface area contributed by atoms with Crippen molar-refractivity contribution in [3.63, 3.8) is 0 Å². The monoisotopic (exact) mass is 260 g/mol. The third kappa shape index (κ3) is 5.27. The van der Waals surface area contributed by atoms with Gasteiger partial charge in [0.05, 0.1) is 11.4 Å². The van der Waals surface area contributed by atoms with Gasteiger partial charge in [0.15, 0.2) is 0 Å². The largest absolute Gasteiger partial charge is 0.151 e. The average Bonchev–Trinajstić information content (AvgIpc) is 2.57. The van der Waals surface area contributed by atoms with E-state index in [1.165, 1.54) is 0 Å². The number of hydrogen-bond acceptors (Lipinski definition) is 2. The molecule has 0 bridgehead atoms. The van der Waals surface area contributed by atoms with Gasteiger partial charge in [0, 0.05) is 0 Å². The summed E-state index contributed by atoms with van der Waals surface area (Å²) in [6, 6.07) is 31.4. The van der Waals surface area contributed by atoms with Crippen LogP contribution in [-0.4, -0.2) is 0 Å². The molecule has 0 heterocycles. The van der Waals surface area contributed by atoms with Gasteiger partial charge in [0.25, 0.3) is 0 Å². The Kier molecular flexibility index (Phi) is 5.73. The van der Waals surface area contributed by atoms with E-state index < -0.39 is 0 Å². The molecule has 0 aromatic heterocycles. The van der Waals surface area contributed by atoms with E-state index in [2.05, 4.69) is 10.2 Å². The van der Waals surface area contributed by atoms with Crippen LogP contribution in [0.25, 0.3) is 0 Å². The molecule has 0 aliphatic heterocycles. The average molecular weight is 260 g/mol. The highest BCUT2D eigenvalue weighted by molar-refractivity contribution is 5.39. The SMILES string of the molecule is c1ccc(/N=N/c2ccccc2)cc1.c1ccccc1. The summed E-state index contributed by atoms with van der Waals surface area (Å²) in [5.41, 5.74) is 1.74. The number of azo groups is 1. The van der Waals surface area contributed by atoms with Gasteiger partial charge < -0.3 is 0 Å². The standard InChI is InChI=1S/C12H10N2.C6H6/c1-3-7-11(8-4-1)13-14-12-9-5-2-6-10-12;1-2-4-6-5-3-1/h1-10H;1-6H/b14-13+;. The van der Waals surface area contributed by atoms with Crippen molar-refractivity contribution in [1.82, 2.24) is 0 Å². The second-order valence-electron chi connectivity index (χ2n) is 4.03. The quantitative estimate of drug-likeness (QED) is 0.521. The van der Waals surface area contributed by atoms with Crippen molar-refractivity contribution < 1.29 is 0 Å². The molecule has 0 radical (unpaired) electrons. The van der Waals surface area contributed by atoms with Gasteiger partial charge in [-0.05, 0) is 24.3 Å². The third-order valence-corrected chi connectivity index (χ3v) is 2.46. The highest BCUT2D eigenvalue weighted by Crippen LogP contribution is 2.16. The second kappa shape index (κ2) is 8.38. The molecule has 2 nitrogen and oxygen atoms in total. The highest BCUT2D eigenvalue weighted by atomic mass is 15.1. The molecule has 3 rings (SSSR count). The molecule has 0 saturated heterocycles. The summed E-state index contributed by atoms with van der Waals surface area (Å²) < 4.78 is 0. The van der Waals surface area contributed by atoms with Gasteiger partial charge in [-0.1, -0.05) is 72.8 Å². The Morgan fingerprint density at radius 2 is 0.600 bits per heavy atom. The Bertz CT molecular complexity index is 537. The lowest BCUT2D eigenvalue weighted by Gasteiger charge is -1.91. The van der Waals surface area contributed by atoms with E-state index in [0.29, 0.717) is 0 Å². The first kappa shape index (κ1) is 13.7. The Morgan fingerprint density at radius 1 is 0.350 bits per heavy atom. The molecule has 0 atom stereocenters. The normalized spacial score (nSPS) is 9.80. The molecule has 0 unspecified atom stereocenters. The summed E-state index contributed by atoms with van der Waals surface area (Å²) in [4.78, 5) is 0. The zero-order valence-electron chi connectivity index (χ0n) is 11.1. The third-order valence-electron chi connectivity index (χ3n) is 2.46. The van der Waals surface area contributed by atoms with Crippen LogP contribution in [0.15, 0.2) is 107 Å². The first-order valence-corrected chi connectivity index (χ1v) is 6.47. The molecule has 0 aliphatic rings. The minimum absolute atomic E-state index is 0.872. The molecule has 0 spiro atoms. The molecule has 0 fully saturated rings. The van der Waals surface area contributed by atoms with Crippen LogP contribution in [0, 0.1) is 0 Å². The molecule has 0 N–H and O–H groups in total. The van der Waals surface area contributed by atoms with E-state index in [-0.39, 0.29) is 0 Å². The van der Waals surface area contributed by atoms with E-state index in [4.69, 9.17) is 0 Å². The molecule has 98 valence electrons. The van der Waals surface area contributed by atoms with Crippen molar-refractivity contribution in [3.05, 3.63) is 97.1 Å². The van der Waals surface area contributed by atoms with E-state index in [9.17, 15) is 0 Å². The number of nitrogens with zero attached hydrogens (tertiary/aromatic N) is 2. The molecule has 3 aromatic carbocycles. The maximum atomic E-state index is 4.10. The Labute approximate surface area is 119 Å². The van der Waals surface area contributed by atoms with Crippen LogP contribution in [0.2, 0.25) is 0 Å². The van der Waals surface area contributed by atoms with E-state index in [1.807, 2.05) is 97.1 Å². The Balaban J connectivity index is 0.000000205. The van der Waals surface area contributed by atoms with Crippen molar-refractivity contribution in [2.75, 3.05) is 0 Å². The van der Waals surface area contributed by atoms with Crippen LogP contribution in [0.5, 0.6) is 0 Å². The summed E-state index contributed by atoms with van der Waals surface area (Å²) in [5.74, 6) is 0. The minimum atomic E-state index is 0.872. The minimum Gasteiger partial charge on any atom is -0.151 e. The fraction of sp³-hybridized carbons (Fsp3) is 0. The topological polar surface area (TPSA) is 24.7 Å². The Morgan fingerprint density at radius 3 is 0.900 bits per heavy atom. The predicted molar refractivity (Wildman–Crippen MR) is 83.5 cm³/mol. The van der Waals surface area contributed by atoms with E-state index >= 15 is 0 Å². The van der Waals surface area contributed by atoms with Crippen molar-refractivity contribution in [3.8, 4) is 0 Å². The lowest BCUT2D eigenvalue weighted by Crippen LogP contribution is -1.62. The molecule has 0 saturated carbocycles. The van der Waals surface area contributed by atoms with E-state index in [1.54, 1.807) is 0 Å². The van der Waals surface area contributed by atoms with E-state index in [0.717, 1.165) is 11.4 Å². The van der Waals surface area contributed by atoms with Gasteiger partial charge >= 0.3 is 0 Å². The van der Waals surface area contributed by atoms with Gasteiger partial charge in [0.1, 0.15) is 0 Å². The summed E-state index contributed by atoms with van der Waals surface area (Å²) in [6.45, 7) is 0. The van der Waals surface area contributed by atoms with Crippen LogP contribution >= 0.6 is 0 Å². The van der Waals surface area contributed by atoms with Crippen molar-refractivity contribution >= 4 is 11.4 Å². The molecule has 0 amide bonds.